The van der Waals surface area contributed by atoms with E-state index in [9.17, 15) is 9.59 Å². The molecule has 2 aliphatic rings. The summed E-state index contributed by atoms with van der Waals surface area (Å²) in [5, 5.41) is 0. The Balaban J connectivity index is 1.39. The summed E-state index contributed by atoms with van der Waals surface area (Å²) in [4.78, 5) is 28.1. The second-order valence-electron chi connectivity index (χ2n) is 7.09. The van der Waals surface area contributed by atoms with E-state index in [4.69, 9.17) is 9.47 Å². The Hall–Kier alpha value is -2.08. The molecule has 3 rings (SSSR count). The highest BCUT2D eigenvalue weighted by atomic mass is 16.6. The smallest absolute Gasteiger partial charge is 0.410 e. The maximum Gasteiger partial charge on any atom is 0.410 e. The van der Waals surface area contributed by atoms with Gasteiger partial charge in [-0.25, -0.2) is 4.79 Å². The molecule has 0 radical (unpaired) electrons. The lowest BCUT2D eigenvalue weighted by atomic mass is 9.93. The molecule has 0 atom stereocenters. The molecule has 142 valence electrons. The summed E-state index contributed by atoms with van der Waals surface area (Å²) in [6.45, 7) is 3.65. The molecule has 1 amide bonds. The number of rotatable bonds is 4. The maximum absolute atomic E-state index is 12.2. The van der Waals surface area contributed by atoms with Crippen molar-refractivity contribution in [2.45, 2.75) is 38.3 Å². The van der Waals surface area contributed by atoms with Crippen LogP contribution in [-0.4, -0.2) is 61.2 Å². The van der Waals surface area contributed by atoms with E-state index in [0.29, 0.717) is 12.6 Å². The van der Waals surface area contributed by atoms with Gasteiger partial charge in [-0.3, -0.25) is 4.79 Å². The third-order valence-corrected chi connectivity index (χ3v) is 5.51. The molecule has 0 aliphatic carbocycles. The van der Waals surface area contributed by atoms with Gasteiger partial charge in [-0.2, -0.15) is 0 Å². The number of amides is 1. The van der Waals surface area contributed by atoms with Crippen LogP contribution in [0.2, 0.25) is 0 Å². The Morgan fingerprint density at radius 3 is 2.27 bits per heavy atom. The number of likely N-dealkylation sites (tertiary alicyclic amines) is 2. The molecule has 0 aromatic heterocycles. The lowest BCUT2D eigenvalue weighted by Crippen LogP contribution is -2.49. The molecule has 1 aromatic carbocycles. The van der Waals surface area contributed by atoms with Gasteiger partial charge in [0.15, 0.2) is 0 Å². The molecule has 2 fully saturated rings. The van der Waals surface area contributed by atoms with Crippen LogP contribution in [-0.2, 0) is 20.9 Å². The van der Waals surface area contributed by atoms with Crippen molar-refractivity contribution in [2.24, 2.45) is 5.92 Å². The average Bonchev–Trinajstić information content (AvgIpc) is 2.72. The van der Waals surface area contributed by atoms with Gasteiger partial charge in [0.2, 0.25) is 0 Å². The molecule has 26 heavy (non-hydrogen) atoms. The number of nitrogens with zero attached hydrogens (tertiary/aromatic N) is 2. The zero-order valence-corrected chi connectivity index (χ0v) is 15.4. The van der Waals surface area contributed by atoms with E-state index in [1.807, 2.05) is 30.3 Å². The predicted octanol–water partition coefficient (Wildman–Crippen LogP) is 2.67. The van der Waals surface area contributed by atoms with Crippen LogP contribution in [0.4, 0.5) is 4.79 Å². The minimum absolute atomic E-state index is 0.0457. The molecule has 2 saturated heterocycles. The lowest BCUT2D eigenvalue weighted by Gasteiger charge is -2.41. The molecule has 0 N–H and O–H groups in total. The fourth-order valence-corrected chi connectivity index (χ4v) is 3.89. The number of ether oxygens (including phenoxy) is 2. The molecular weight excluding hydrogens is 332 g/mol. The van der Waals surface area contributed by atoms with Gasteiger partial charge in [0, 0.05) is 19.1 Å². The van der Waals surface area contributed by atoms with Gasteiger partial charge < -0.3 is 19.3 Å². The van der Waals surface area contributed by atoms with E-state index in [-0.39, 0.29) is 18.0 Å². The Bertz CT molecular complexity index is 591. The van der Waals surface area contributed by atoms with Gasteiger partial charge in [-0.15, -0.1) is 0 Å². The van der Waals surface area contributed by atoms with Crippen molar-refractivity contribution < 1.29 is 19.1 Å². The Morgan fingerprint density at radius 2 is 1.65 bits per heavy atom. The molecule has 0 bridgehead atoms. The number of hydrogen-bond donors (Lipinski definition) is 0. The number of benzene rings is 1. The molecule has 6 nitrogen and oxygen atoms in total. The van der Waals surface area contributed by atoms with E-state index in [1.165, 1.54) is 7.11 Å². The normalized spacial score (nSPS) is 20.0. The van der Waals surface area contributed by atoms with Crippen molar-refractivity contribution in [3.05, 3.63) is 35.9 Å². The first kappa shape index (κ1) is 18.7. The second kappa shape index (κ2) is 9.03. The highest BCUT2D eigenvalue weighted by molar-refractivity contribution is 5.72. The molecule has 2 aliphatic heterocycles. The first-order valence-electron chi connectivity index (χ1n) is 9.45. The highest BCUT2D eigenvalue weighted by Crippen LogP contribution is 2.25. The molecule has 2 heterocycles. The SMILES string of the molecule is COC(=O)C1CCN(C2CCN(C(=O)OCc3ccccc3)CC2)CC1. The Labute approximate surface area is 155 Å². The molecule has 1 aromatic rings. The molecule has 0 saturated carbocycles. The van der Waals surface area contributed by atoms with Gasteiger partial charge in [0.1, 0.15) is 6.61 Å². The van der Waals surface area contributed by atoms with E-state index >= 15 is 0 Å². The fourth-order valence-electron chi connectivity index (χ4n) is 3.89. The lowest BCUT2D eigenvalue weighted by molar-refractivity contribution is -0.147. The molecule has 6 heteroatoms. The van der Waals surface area contributed by atoms with Gasteiger partial charge in [0.05, 0.1) is 13.0 Å². The van der Waals surface area contributed by atoms with Gasteiger partial charge in [-0.1, -0.05) is 30.3 Å². The van der Waals surface area contributed by atoms with Crippen molar-refractivity contribution in [1.82, 2.24) is 9.80 Å². The van der Waals surface area contributed by atoms with Gasteiger partial charge >= 0.3 is 12.1 Å². The summed E-state index contributed by atoms with van der Waals surface area (Å²) in [5.41, 5.74) is 1.00. The van der Waals surface area contributed by atoms with Crippen molar-refractivity contribution in [1.29, 1.82) is 0 Å². The van der Waals surface area contributed by atoms with Crippen LogP contribution in [0.1, 0.15) is 31.2 Å². The fraction of sp³-hybridized carbons (Fsp3) is 0.600. The standard InChI is InChI=1S/C20H28N2O4/c1-25-19(23)17-7-11-21(12-8-17)18-9-13-22(14-10-18)20(24)26-15-16-5-3-2-4-6-16/h2-6,17-18H,7-15H2,1H3. The molecule has 0 spiro atoms. The van der Waals surface area contributed by atoms with Crippen LogP contribution in [0.15, 0.2) is 30.3 Å². The quantitative estimate of drug-likeness (QED) is 0.773. The predicted molar refractivity (Wildman–Crippen MR) is 97.5 cm³/mol. The zero-order chi connectivity index (χ0) is 18.4. The average molecular weight is 360 g/mol. The van der Waals surface area contributed by atoms with Crippen molar-refractivity contribution in [3.8, 4) is 0 Å². The van der Waals surface area contributed by atoms with Crippen LogP contribution in [0.5, 0.6) is 0 Å². The number of hydrogen-bond acceptors (Lipinski definition) is 5. The topological polar surface area (TPSA) is 59.1 Å². The van der Waals surface area contributed by atoms with E-state index in [0.717, 1.165) is 57.4 Å². The largest absolute Gasteiger partial charge is 0.469 e. The third kappa shape index (κ3) is 4.75. The van der Waals surface area contributed by atoms with E-state index in [1.54, 1.807) is 4.90 Å². The summed E-state index contributed by atoms with van der Waals surface area (Å²) < 4.78 is 10.3. The van der Waals surface area contributed by atoms with Crippen LogP contribution >= 0.6 is 0 Å². The summed E-state index contributed by atoms with van der Waals surface area (Å²) >= 11 is 0. The van der Waals surface area contributed by atoms with Crippen molar-refractivity contribution in [2.75, 3.05) is 33.3 Å². The van der Waals surface area contributed by atoms with Crippen LogP contribution in [0.3, 0.4) is 0 Å². The van der Waals surface area contributed by atoms with Crippen LogP contribution in [0.25, 0.3) is 0 Å². The summed E-state index contributed by atoms with van der Waals surface area (Å²) in [5.74, 6) is -0.0371. The highest BCUT2D eigenvalue weighted by Gasteiger charge is 2.32. The third-order valence-electron chi connectivity index (χ3n) is 5.51. The van der Waals surface area contributed by atoms with Crippen molar-refractivity contribution >= 4 is 12.1 Å². The maximum atomic E-state index is 12.2. The summed E-state index contributed by atoms with van der Waals surface area (Å²) in [7, 11) is 1.46. The van der Waals surface area contributed by atoms with E-state index < -0.39 is 0 Å². The number of esters is 1. The monoisotopic (exact) mass is 360 g/mol. The molecule has 0 unspecified atom stereocenters. The minimum Gasteiger partial charge on any atom is -0.469 e. The minimum atomic E-state index is -0.225. The van der Waals surface area contributed by atoms with E-state index in [2.05, 4.69) is 4.90 Å². The second-order valence-corrected chi connectivity index (χ2v) is 7.09. The zero-order valence-electron chi connectivity index (χ0n) is 15.4. The first-order chi connectivity index (χ1) is 12.7. The number of piperidine rings is 2. The number of carbonyl (C=O) groups is 2. The Morgan fingerprint density at radius 1 is 1.00 bits per heavy atom. The van der Waals surface area contributed by atoms with Crippen LogP contribution in [0, 0.1) is 5.92 Å². The summed E-state index contributed by atoms with van der Waals surface area (Å²) in [6, 6.07) is 10.2. The van der Waals surface area contributed by atoms with Gasteiger partial charge in [0.25, 0.3) is 0 Å². The number of carbonyl (C=O) groups excluding carboxylic acids is 2. The number of methoxy groups -OCH3 is 1. The first-order valence-corrected chi connectivity index (χ1v) is 9.45. The van der Waals surface area contributed by atoms with Gasteiger partial charge in [-0.05, 0) is 44.3 Å². The van der Waals surface area contributed by atoms with Crippen molar-refractivity contribution in [3.63, 3.8) is 0 Å². The summed E-state index contributed by atoms with van der Waals surface area (Å²) in [6.07, 6.45) is 3.43. The van der Waals surface area contributed by atoms with Crippen LogP contribution < -0.4 is 0 Å². The Kier molecular flexibility index (Phi) is 6.50. The molecular formula is C20H28N2O4.